The topological polar surface area (TPSA) is 81.3 Å². The molecule has 0 aliphatic heterocycles. The zero-order valence-corrected chi connectivity index (χ0v) is 16.6. The zero-order chi connectivity index (χ0) is 20.7. The van der Waals surface area contributed by atoms with Crippen molar-refractivity contribution in [1.29, 1.82) is 0 Å². The first-order valence-electron chi connectivity index (χ1n) is 10.0. The minimum Gasteiger partial charge on any atom is -0.308 e. The van der Waals surface area contributed by atoms with Crippen LogP contribution in [0.5, 0.6) is 0 Å². The van der Waals surface area contributed by atoms with E-state index in [9.17, 15) is 9.59 Å². The maximum Gasteiger partial charge on any atom is 0.267 e. The molecule has 1 aliphatic carbocycles. The number of nitrogens with zero attached hydrogens (tertiary/aromatic N) is 4. The lowest BCUT2D eigenvalue weighted by molar-refractivity contribution is -0.117. The molecule has 1 fully saturated rings. The molecule has 0 radical (unpaired) electrons. The van der Waals surface area contributed by atoms with Gasteiger partial charge in [0.25, 0.3) is 5.56 Å². The molecule has 30 heavy (non-hydrogen) atoms. The Kier molecular flexibility index (Phi) is 4.43. The first kappa shape index (κ1) is 18.3. The average molecular weight is 399 g/mol. The largest absolute Gasteiger partial charge is 0.308 e. The first-order valence-corrected chi connectivity index (χ1v) is 10.0. The quantitative estimate of drug-likeness (QED) is 0.558. The van der Waals surface area contributed by atoms with Crippen LogP contribution in [0.1, 0.15) is 30.0 Å². The molecule has 3 aromatic heterocycles. The number of nitrogens with one attached hydrogen (secondary N) is 1. The van der Waals surface area contributed by atoms with Gasteiger partial charge in [-0.25, -0.2) is 9.67 Å². The summed E-state index contributed by atoms with van der Waals surface area (Å²) in [6, 6.07) is 16.9. The fourth-order valence-corrected chi connectivity index (χ4v) is 3.59. The number of fused-ring (bicyclic) bond motifs is 1. The Hall–Kier alpha value is -3.74. The van der Waals surface area contributed by atoms with Crippen molar-refractivity contribution in [2.75, 3.05) is 5.32 Å². The second-order valence-corrected chi connectivity index (χ2v) is 7.68. The van der Waals surface area contributed by atoms with Crippen LogP contribution in [0.4, 0.5) is 5.82 Å². The molecule has 0 spiro atoms. The normalized spacial score (nSPS) is 13.5. The Balaban J connectivity index is 1.49. The molecule has 150 valence electrons. The number of imidazole rings is 1. The number of amides is 1. The Bertz CT molecular complexity index is 1320. The van der Waals surface area contributed by atoms with Gasteiger partial charge in [0.2, 0.25) is 5.91 Å². The summed E-state index contributed by atoms with van der Waals surface area (Å²) in [6.07, 6.45) is 4.02. The van der Waals surface area contributed by atoms with Crippen molar-refractivity contribution in [3.05, 3.63) is 82.4 Å². The molecule has 1 N–H and O–H groups in total. The number of hydrogen-bond donors (Lipinski definition) is 1. The molecular weight excluding hydrogens is 378 g/mol. The fraction of sp³-hybridized carbons (Fsp3) is 0.217. The third-order valence-electron chi connectivity index (χ3n) is 5.26. The minimum absolute atomic E-state index is 0.146. The van der Waals surface area contributed by atoms with Crippen LogP contribution in [0, 0.1) is 6.92 Å². The van der Waals surface area contributed by atoms with Gasteiger partial charge < -0.3 is 5.32 Å². The third-order valence-corrected chi connectivity index (χ3v) is 5.26. The van der Waals surface area contributed by atoms with Gasteiger partial charge >= 0.3 is 0 Å². The van der Waals surface area contributed by atoms with Gasteiger partial charge in [0.1, 0.15) is 23.7 Å². The van der Waals surface area contributed by atoms with Crippen molar-refractivity contribution in [2.45, 2.75) is 32.2 Å². The summed E-state index contributed by atoms with van der Waals surface area (Å²) in [6.45, 7) is 1.87. The van der Waals surface area contributed by atoms with Gasteiger partial charge in [-0.1, -0.05) is 29.8 Å². The van der Waals surface area contributed by atoms with E-state index in [4.69, 9.17) is 4.98 Å². The van der Waals surface area contributed by atoms with Gasteiger partial charge in [-0.15, -0.1) is 0 Å². The lowest BCUT2D eigenvalue weighted by Gasteiger charge is -2.10. The molecule has 0 unspecified atom stereocenters. The van der Waals surface area contributed by atoms with Crippen molar-refractivity contribution in [2.24, 2.45) is 0 Å². The summed E-state index contributed by atoms with van der Waals surface area (Å²) in [5.41, 5.74) is 4.03. The minimum atomic E-state index is -0.322. The molecule has 5 rings (SSSR count). The smallest absolute Gasteiger partial charge is 0.267 e. The number of hydrogen-bond acceptors (Lipinski definition) is 4. The van der Waals surface area contributed by atoms with Gasteiger partial charge in [0.15, 0.2) is 0 Å². The van der Waals surface area contributed by atoms with E-state index in [1.54, 1.807) is 6.07 Å². The molecule has 1 amide bonds. The van der Waals surface area contributed by atoms with E-state index in [1.165, 1.54) is 10.7 Å². The SMILES string of the molecule is Cc1cccc(-c2nc3ccccn3c2NC(=O)Cn2nc(C3CC3)ccc2=O)c1. The molecule has 0 saturated heterocycles. The van der Waals surface area contributed by atoms with E-state index in [0.717, 1.165) is 35.3 Å². The number of anilines is 1. The predicted molar refractivity (Wildman–Crippen MR) is 114 cm³/mol. The van der Waals surface area contributed by atoms with Crippen LogP contribution < -0.4 is 10.9 Å². The number of rotatable bonds is 5. The number of benzene rings is 1. The van der Waals surface area contributed by atoms with E-state index >= 15 is 0 Å². The fourth-order valence-electron chi connectivity index (χ4n) is 3.59. The number of pyridine rings is 1. The summed E-state index contributed by atoms with van der Waals surface area (Å²) in [5, 5.41) is 7.33. The van der Waals surface area contributed by atoms with Gasteiger partial charge in [0, 0.05) is 23.7 Å². The van der Waals surface area contributed by atoms with E-state index in [2.05, 4.69) is 10.4 Å². The Morgan fingerprint density at radius 2 is 2.00 bits per heavy atom. The summed E-state index contributed by atoms with van der Waals surface area (Å²) in [7, 11) is 0. The van der Waals surface area contributed by atoms with Crippen molar-refractivity contribution in [3.63, 3.8) is 0 Å². The number of aryl methyl sites for hydroxylation is 1. The highest BCUT2D eigenvalue weighted by atomic mass is 16.2. The summed E-state index contributed by atoms with van der Waals surface area (Å²) >= 11 is 0. The van der Waals surface area contributed by atoms with Crippen LogP contribution in [-0.2, 0) is 11.3 Å². The first-order chi connectivity index (χ1) is 14.6. The van der Waals surface area contributed by atoms with E-state index < -0.39 is 0 Å². The second kappa shape index (κ2) is 7.26. The Labute approximate surface area is 173 Å². The maximum absolute atomic E-state index is 12.9. The molecule has 1 aliphatic rings. The van der Waals surface area contributed by atoms with Gasteiger partial charge in [0.05, 0.1) is 5.69 Å². The van der Waals surface area contributed by atoms with Crippen LogP contribution in [-0.4, -0.2) is 25.1 Å². The monoisotopic (exact) mass is 399 g/mol. The molecule has 3 heterocycles. The number of aromatic nitrogens is 4. The summed E-state index contributed by atoms with van der Waals surface area (Å²) in [5.74, 6) is 0.663. The molecule has 0 atom stereocenters. The van der Waals surface area contributed by atoms with Crippen LogP contribution in [0.15, 0.2) is 65.6 Å². The lowest BCUT2D eigenvalue weighted by Crippen LogP contribution is -2.30. The van der Waals surface area contributed by atoms with Crippen LogP contribution in [0.25, 0.3) is 16.9 Å². The van der Waals surface area contributed by atoms with E-state index in [1.807, 2.05) is 60.0 Å². The van der Waals surface area contributed by atoms with Crippen LogP contribution >= 0.6 is 0 Å². The molecule has 7 nitrogen and oxygen atoms in total. The molecular formula is C23H21N5O2. The molecule has 7 heteroatoms. The zero-order valence-electron chi connectivity index (χ0n) is 16.6. The lowest BCUT2D eigenvalue weighted by atomic mass is 10.1. The van der Waals surface area contributed by atoms with Crippen LogP contribution in [0.2, 0.25) is 0 Å². The van der Waals surface area contributed by atoms with E-state index in [-0.39, 0.29) is 18.0 Å². The molecule has 1 saturated carbocycles. The second-order valence-electron chi connectivity index (χ2n) is 7.68. The van der Waals surface area contributed by atoms with E-state index in [0.29, 0.717) is 17.4 Å². The maximum atomic E-state index is 12.9. The predicted octanol–water partition coefficient (Wildman–Crippen LogP) is 3.38. The summed E-state index contributed by atoms with van der Waals surface area (Å²) < 4.78 is 3.07. The standard InChI is InChI=1S/C23H21N5O2/c1-15-5-4-6-17(13-15)22-23(27-12-3-2-7-19(27)24-22)25-20(29)14-28-21(30)11-10-18(26-28)16-8-9-16/h2-7,10-13,16H,8-9,14H2,1H3,(H,25,29). The van der Waals surface area contributed by atoms with Crippen molar-refractivity contribution < 1.29 is 4.79 Å². The molecule has 0 bridgehead atoms. The number of carbonyl (C=O) groups excluding carboxylic acids is 1. The molecule has 1 aromatic carbocycles. The van der Waals surface area contributed by atoms with Crippen LogP contribution in [0.3, 0.4) is 0 Å². The van der Waals surface area contributed by atoms with Crippen molar-refractivity contribution in [1.82, 2.24) is 19.2 Å². The molecule has 4 aromatic rings. The van der Waals surface area contributed by atoms with Gasteiger partial charge in [-0.3, -0.25) is 14.0 Å². The highest BCUT2D eigenvalue weighted by Crippen LogP contribution is 2.38. The Morgan fingerprint density at radius 3 is 2.80 bits per heavy atom. The van der Waals surface area contributed by atoms with Crippen molar-refractivity contribution >= 4 is 17.4 Å². The summed E-state index contributed by atoms with van der Waals surface area (Å²) in [4.78, 5) is 29.8. The highest BCUT2D eigenvalue weighted by Gasteiger charge is 2.26. The van der Waals surface area contributed by atoms with Gasteiger partial charge in [-0.2, -0.15) is 5.10 Å². The average Bonchev–Trinajstić information content (AvgIpc) is 3.52. The Morgan fingerprint density at radius 1 is 1.13 bits per heavy atom. The third kappa shape index (κ3) is 3.50. The van der Waals surface area contributed by atoms with Crippen molar-refractivity contribution in [3.8, 4) is 11.3 Å². The highest BCUT2D eigenvalue weighted by molar-refractivity contribution is 5.94. The van der Waals surface area contributed by atoms with Gasteiger partial charge in [-0.05, 0) is 44.0 Å². The number of carbonyl (C=O) groups is 1.